The fraction of sp³-hybridized carbons (Fsp3) is 0.417. The number of carbonyl (C=O) groups is 2. The molecule has 0 radical (unpaired) electrons. The predicted octanol–water partition coefficient (Wildman–Crippen LogP) is 1.62. The quantitative estimate of drug-likeness (QED) is 0.768. The Bertz CT molecular complexity index is 493. The Morgan fingerprint density at radius 2 is 2.00 bits per heavy atom. The number of hydrogen-bond donors (Lipinski definition) is 3. The molecule has 0 fully saturated rings. The van der Waals surface area contributed by atoms with Gasteiger partial charge in [0.15, 0.2) is 5.69 Å². The molecule has 0 aliphatic rings. The molecule has 1 aromatic rings. The summed E-state index contributed by atoms with van der Waals surface area (Å²) in [6.07, 6.45) is -0.709. The number of carbonyl (C=O) groups excluding carboxylic acids is 1. The molecule has 1 aromatic heterocycles. The predicted molar refractivity (Wildman–Crippen MR) is 67.0 cm³/mol. The smallest absolute Gasteiger partial charge is 0.412 e. The molecule has 7 nitrogen and oxygen atoms in total. The third-order valence-electron chi connectivity index (χ3n) is 1.90. The maximum atomic E-state index is 11.5. The second kappa shape index (κ2) is 5.66. The third-order valence-corrected chi connectivity index (χ3v) is 1.90. The lowest BCUT2D eigenvalue weighted by atomic mass is 10.2. The first-order chi connectivity index (χ1) is 8.71. The van der Waals surface area contributed by atoms with Crippen molar-refractivity contribution in [3.05, 3.63) is 23.5 Å². The number of ether oxygens (including phenoxy) is 1. The van der Waals surface area contributed by atoms with Gasteiger partial charge in [-0.15, -0.1) is 0 Å². The van der Waals surface area contributed by atoms with Crippen LogP contribution < -0.4 is 5.32 Å². The first-order valence-electron chi connectivity index (χ1n) is 5.56. The van der Waals surface area contributed by atoms with E-state index in [0.29, 0.717) is 0 Å². The SMILES string of the molecule is CC(C)(C)OC(=O)Nc1cc(CO)nc(C(=O)O)c1. The molecule has 0 bridgehead atoms. The van der Waals surface area contributed by atoms with Crippen LogP contribution >= 0.6 is 0 Å². The first-order valence-corrected chi connectivity index (χ1v) is 5.56. The molecule has 1 amide bonds. The number of aliphatic hydroxyl groups excluding tert-OH is 1. The fourth-order valence-corrected chi connectivity index (χ4v) is 1.27. The van der Waals surface area contributed by atoms with Crippen molar-refractivity contribution < 1.29 is 24.5 Å². The Labute approximate surface area is 110 Å². The van der Waals surface area contributed by atoms with Crippen molar-refractivity contribution in [3.8, 4) is 0 Å². The number of aromatic nitrogens is 1. The molecule has 1 rings (SSSR count). The van der Waals surface area contributed by atoms with Crippen molar-refractivity contribution in [1.82, 2.24) is 4.98 Å². The Balaban J connectivity index is 2.91. The second-order valence-electron chi connectivity index (χ2n) is 4.82. The molecule has 3 N–H and O–H groups in total. The number of pyridine rings is 1. The van der Waals surface area contributed by atoms with Crippen LogP contribution in [0, 0.1) is 0 Å². The Morgan fingerprint density at radius 3 is 2.47 bits per heavy atom. The van der Waals surface area contributed by atoms with E-state index in [2.05, 4.69) is 10.3 Å². The highest BCUT2D eigenvalue weighted by Crippen LogP contribution is 2.14. The van der Waals surface area contributed by atoms with E-state index >= 15 is 0 Å². The van der Waals surface area contributed by atoms with E-state index in [4.69, 9.17) is 14.9 Å². The molecule has 1 heterocycles. The molecule has 0 unspecified atom stereocenters. The van der Waals surface area contributed by atoms with E-state index in [1.807, 2.05) is 0 Å². The van der Waals surface area contributed by atoms with E-state index in [1.54, 1.807) is 20.8 Å². The van der Waals surface area contributed by atoms with Gasteiger partial charge in [-0.3, -0.25) is 5.32 Å². The minimum atomic E-state index is -1.25. The minimum Gasteiger partial charge on any atom is -0.477 e. The van der Waals surface area contributed by atoms with Crippen LogP contribution in [0.1, 0.15) is 37.0 Å². The number of carboxylic acid groups (broad SMARTS) is 1. The summed E-state index contributed by atoms with van der Waals surface area (Å²) in [5, 5.41) is 20.2. The molecule has 0 aliphatic carbocycles. The second-order valence-corrected chi connectivity index (χ2v) is 4.82. The van der Waals surface area contributed by atoms with Gasteiger partial charge in [0.05, 0.1) is 12.3 Å². The van der Waals surface area contributed by atoms with Crippen LogP contribution in [-0.2, 0) is 11.3 Å². The fourth-order valence-electron chi connectivity index (χ4n) is 1.27. The normalized spacial score (nSPS) is 10.9. The zero-order valence-electron chi connectivity index (χ0n) is 10.9. The molecule has 0 atom stereocenters. The summed E-state index contributed by atoms with van der Waals surface area (Å²) in [6.45, 7) is 4.70. The van der Waals surface area contributed by atoms with Gasteiger partial charge >= 0.3 is 12.1 Å². The van der Waals surface area contributed by atoms with E-state index in [0.717, 1.165) is 0 Å². The van der Waals surface area contributed by atoms with Gasteiger partial charge < -0.3 is 14.9 Å². The number of amides is 1. The van der Waals surface area contributed by atoms with Crippen molar-refractivity contribution >= 4 is 17.7 Å². The highest BCUT2D eigenvalue weighted by atomic mass is 16.6. The Morgan fingerprint density at radius 1 is 1.37 bits per heavy atom. The summed E-state index contributed by atoms with van der Waals surface area (Å²) in [5.41, 5.74) is -0.582. The highest BCUT2D eigenvalue weighted by molar-refractivity contribution is 5.90. The third kappa shape index (κ3) is 4.92. The molecule has 0 saturated carbocycles. The van der Waals surface area contributed by atoms with Gasteiger partial charge in [-0.1, -0.05) is 0 Å². The number of anilines is 1. The van der Waals surface area contributed by atoms with Crippen molar-refractivity contribution in [2.45, 2.75) is 33.0 Å². The van der Waals surface area contributed by atoms with Crippen LogP contribution in [0.15, 0.2) is 12.1 Å². The topological polar surface area (TPSA) is 109 Å². The van der Waals surface area contributed by atoms with Crippen LogP contribution in [0.5, 0.6) is 0 Å². The molecule has 104 valence electrons. The summed E-state index contributed by atoms with van der Waals surface area (Å²) < 4.78 is 5.04. The maximum absolute atomic E-state index is 11.5. The van der Waals surface area contributed by atoms with Gasteiger partial charge in [0.1, 0.15) is 5.60 Å². The Hall–Kier alpha value is -2.15. The van der Waals surface area contributed by atoms with Crippen LogP contribution in [-0.4, -0.2) is 32.9 Å². The lowest BCUT2D eigenvalue weighted by molar-refractivity contribution is 0.0632. The summed E-state index contributed by atoms with van der Waals surface area (Å²) >= 11 is 0. The average Bonchev–Trinajstić information content (AvgIpc) is 2.25. The van der Waals surface area contributed by atoms with E-state index < -0.39 is 24.3 Å². The zero-order valence-corrected chi connectivity index (χ0v) is 10.9. The minimum absolute atomic E-state index is 0.144. The Kier molecular flexibility index (Phi) is 4.44. The van der Waals surface area contributed by atoms with Crippen molar-refractivity contribution in [2.75, 3.05) is 5.32 Å². The standard InChI is InChI=1S/C12H16N2O5/c1-12(2,3)19-11(18)14-7-4-8(6-15)13-9(5-7)10(16)17/h4-5,15H,6H2,1-3H3,(H,16,17)(H,13,14,18). The molecule has 7 heteroatoms. The van der Waals surface area contributed by atoms with Gasteiger partial charge in [-0.05, 0) is 32.9 Å². The lowest BCUT2D eigenvalue weighted by Gasteiger charge is -2.19. The molecule has 0 aromatic carbocycles. The summed E-state index contributed by atoms with van der Waals surface area (Å²) in [5.74, 6) is -1.25. The van der Waals surface area contributed by atoms with E-state index in [9.17, 15) is 9.59 Å². The van der Waals surface area contributed by atoms with Crippen molar-refractivity contribution in [1.29, 1.82) is 0 Å². The van der Waals surface area contributed by atoms with Crippen LogP contribution in [0.3, 0.4) is 0 Å². The number of nitrogens with zero attached hydrogens (tertiary/aromatic N) is 1. The summed E-state index contributed by atoms with van der Waals surface area (Å²) in [6, 6.07) is 2.56. The number of nitrogens with one attached hydrogen (secondary N) is 1. The van der Waals surface area contributed by atoms with Gasteiger partial charge in [-0.2, -0.15) is 0 Å². The molecular formula is C12H16N2O5. The number of carboxylic acids is 1. The van der Waals surface area contributed by atoms with Crippen molar-refractivity contribution in [3.63, 3.8) is 0 Å². The molecule has 0 aliphatic heterocycles. The molecular weight excluding hydrogens is 252 g/mol. The van der Waals surface area contributed by atoms with Crippen molar-refractivity contribution in [2.24, 2.45) is 0 Å². The lowest BCUT2D eigenvalue weighted by Crippen LogP contribution is -2.27. The summed E-state index contributed by atoms with van der Waals surface area (Å²) in [4.78, 5) is 26.1. The maximum Gasteiger partial charge on any atom is 0.412 e. The monoisotopic (exact) mass is 268 g/mol. The van der Waals surface area contributed by atoms with Gasteiger partial charge in [-0.25, -0.2) is 14.6 Å². The van der Waals surface area contributed by atoms with E-state index in [1.165, 1.54) is 12.1 Å². The van der Waals surface area contributed by atoms with Gasteiger partial charge in [0.2, 0.25) is 0 Å². The van der Waals surface area contributed by atoms with Gasteiger partial charge in [0, 0.05) is 5.69 Å². The summed E-state index contributed by atoms with van der Waals surface area (Å²) in [7, 11) is 0. The molecule has 0 saturated heterocycles. The largest absolute Gasteiger partial charge is 0.477 e. The molecule has 0 spiro atoms. The van der Waals surface area contributed by atoms with Crippen LogP contribution in [0.4, 0.5) is 10.5 Å². The van der Waals surface area contributed by atoms with Gasteiger partial charge in [0.25, 0.3) is 0 Å². The number of aromatic carboxylic acids is 1. The van der Waals surface area contributed by atoms with Crippen LogP contribution in [0.25, 0.3) is 0 Å². The molecule has 19 heavy (non-hydrogen) atoms. The first kappa shape index (κ1) is 14.9. The number of rotatable bonds is 3. The number of aliphatic hydroxyl groups is 1. The number of hydrogen-bond acceptors (Lipinski definition) is 5. The van der Waals surface area contributed by atoms with Crippen LogP contribution in [0.2, 0.25) is 0 Å². The highest BCUT2D eigenvalue weighted by Gasteiger charge is 2.17. The average molecular weight is 268 g/mol. The van der Waals surface area contributed by atoms with E-state index in [-0.39, 0.29) is 17.1 Å². The zero-order chi connectivity index (χ0) is 14.6.